The number of amides is 1. The summed E-state index contributed by atoms with van der Waals surface area (Å²) in [6, 6.07) is 4.86. The lowest BCUT2D eigenvalue weighted by Gasteiger charge is -2.35. The normalized spacial score (nSPS) is 26.7. The number of halogens is 4. The second-order valence-corrected chi connectivity index (χ2v) is 9.37. The van der Waals surface area contributed by atoms with E-state index in [2.05, 4.69) is 15.3 Å². The quantitative estimate of drug-likeness (QED) is 0.668. The number of carbonyl (C=O) groups excluding carboxylic acids is 1. The highest BCUT2D eigenvalue weighted by molar-refractivity contribution is 8.15. The molecule has 3 atom stereocenters. The lowest BCUT2D eigenvalue weighted by atomic mass is 9.84. The fraction of sp³-hybridized carbons (Fsp3) is 0.350. The van der Waals surface area contributed by atoms with Crippen LogP contribution in [0.15, 0.2) is 35.5 Å². The van der Waals surface area contributed by atoms with Crippen molar-refractivity contribution in [2.24, 2.45) is 16.6 Å². The molecule has 0 radical (unpaired) electrons. The second-order valence-electron chi connectivity index (χ2n) is 7.50. The van der Waals surface area contributed by atoms with Gasteiger partial charge in [-0.25, -0.2) is 23.1 Å². The van der Waals surface area contributed by atoms with Gasteiger partial charge in [0.25, 0.3) is 5.91 Å². The molecule has 0 spiro atoms. The minimum Gasteiger partial charge on any atom is -0.383 e. The van der Waals surface area contributed by atoms with Crippen LogP contribution in [0.1, 0.15) is 22.5 Å². The van der Waals surface area contributed by atoms with Gasteiger partial charge in [-0.1, -0.05) is 23.4 Å². The number of nitrogens with one attached hydrogen (secondary N) is 1. The Balaban J connectivity index is 1.73. The number of aliphatic imine (C=N–C) groups is 1. The van der Waals surface area contributed by atoms with Gasteiger partial charge < -0.3 is 15.8 Å². The fourth-order valence-corrected chi connectivity index (χ4v) is 5.57. The van der Waals surface area contributed by atoms with E-state index in [1.54, 1.807) is 0 Å². The molecule has 0 bridgehead atoms. The molecule has 1 aromatic heterocycles. The van der Waals surface area contributed by atoms with Gasteiger partial charge in [0, 0.05) is 36.5 Å². The number of alkyl halides is 1. The van der Waals surface area contributed by atoms with E-state index in [0.717, 1.165) is 6.07 Å². The van der Waals surface area contributed by atoms with Gasteiger partial charge in [-0.3, -0.25) is 4.79 Å². The zero-order chi connectivity index (χ0) is 22.4. The summed E-state index contributed by atoms with van der Waals surface area (Å²) in [7, 11) is 1.50. The minimum absolute atomic E-state index is 0.0218. The predicted molar refractivity (Wildman–Crippen MR) is 113 cm³/mol. The summed E-state index contributed by atoms with van der Waals surface area (Å²) in [5.41, 5.74) is 3.88. The molecule has 1 amide bonds. The summed E-state index contributed by atoms with van der Waals surface area (Å²) in [6.45, 7) is -0.819. The van der Waals surface area contributed by atoms with Crippen molar-refractivity contribution in [3.05, 3.63) is 58.4 Å². The third-order valence-corrected chi connectivity index (χ3v) is 7.02. The van der Waals surface area contributed by atoms with Gasteiger partial charge in [0.1, 0.15) is 17.9 Å². The Bertz CT molecular complexity index is 1070. The first-order valence-electron chi connectivity index (χ1n) is 9.26. The third-order valence-electron chi connectivity index (χ3n) is 5.52. The zero-order valence-electron chi connectivity index (χ0n) is 16.3. The summed E-state index contributed by atoms with van der Waals surface area (Å²) in [5, 5.41) is 2.87. The van der Waals surface area contributed by atoms with E-state index in [4.69, 9.17) is 22.1 Å². The summed E-state index contributed by atoms with van der Waals surface area (Å²) in [6.07, 6.45) is 1.76. The molecule has 2 aliphatic rings. The van der Waals surface area contributed by atoms with Crippen LogP contribution in [0.3, 0.4) is 0 Å². The number of anilines is 1. The van der Waals surface area contributed by atoms with Gasteiger partial charge in [-0.05, 0) is 24.6 Å². The number of nitrogens with two attached hydrogens (primary N) is 1. The molecule has 6 nitrogen and oxygen atoms in total. The van der Waals surface area contributed by atoms with Crippen LogP contribution in [-0.4, -0.2) is 41.2 Å². The van der Waals surface area contributed by atoms with E-state index >= 15 is 0 Å². The number of rotatable bonds is 6. The number of amidine groups is 1. The van der Waals surface area contributed by atoms with Crippen molar-refractivity contribution >= 4 is 40.1 Å². The number of hydrogen-bond donors (Lipinski definition) is 2. The van der Waals surface area contributed by atoms with E-state index in [1.807, 2.05) is 0 Å². The van der Waals surface area contributed by atoms with Crippen LogP contribution < -0.4 is 11.1 Å². The van der Waals surface area contributed by atoms with E-state index in [-0.39, 0.29) is 28.7 Å². The van der Waals surface area contributed by atoms with E-state index in [9.17, 15) is 18.0 Å². The number of methoxy groups -OCH3 is 1. The molecule has 31 heavy (non-hydrogen) atoms. The maximum atomic E-state index is 14.9. The van der Waals surface area contributed by atoms with E-state index in [1.165, 1.54) is 43.3 Å². The Labute approximate surface area is 185 Å². The highest BCUT2D eigenvalue weighted by atomic mass is 35.5. The SMILES string of the molecule is COC[C@]12C[C@H]1[C@@](CF)(c1cc(NC(=O)c3ccc(Cl)cn3)cc(F)c1F)N=C(N)S2. The molecule has 1 fully saturated rings. The number of aromatic nitrogens is 1. The maximum absolute atomic E-state index is 14.9. The van der Waals surface area contributed by atoms with Crippen LogP contribution in [0.4, 0.5) is 18.9 Å². The lowest BCUT2D eigenvalue weighted by molar-refractivity contribution is 0.102. The van der Waals surface area contributed by atoms with Crippen LogP contribution in [0.25, 0.3) is 0 Å². The second kappa shape index (κ2) is 7.99. The van der Waals surface area contributed by atoms with Gasteiger partial charge in [0.15, 0.2) is 16.8 Å². The largest absolute Gasteiger partial charge is 0.383 e. The molecule has 0 unspecified atom stereocenters. The molecule has 1 aliphatic carbocycles. The molecule has 1 aromatic carbocycles. The van der Waals surface area contributed by atoms with Crippen molar-refractivity contribution in [3.63, 3.8) is 0 Å². The van der Waals surface area contributed by atoms with Gasteiger partial charge in [0.2, 0.25) is 0 Å². The summed E-state index contributed by atoms with van der Waals surface area (Å²) >= 11 is 7.02. The number of hydrogen-bond acceptors (Lipinski definition) is 6. The van der Waals surface area contributed by atoms with Crippen molar-refractivity contribution in [2.45, 2.75) is 16.7 Å². The van der Waals surface area contributed by atoms with Crippen LogP contribution in [0, 0.1) is 17.6 Å². The average Bonchev–Trinajstić information content (AvgIpc) is 3.44. The molecule has 11 heteroatoms. The minimum atomic E-state index is -1.71. The van der Waals surface area contributed by atoms with E-state index in [0.29, 0.717) is 11.4 Å². The predicted octanol–water partition coefficient (Wildman–Crippen LogP) is 3.90. The van der Waals surface area contributed by atoms with Crippen molar-refractivity contribution in [1.29, 1.82) is 0 Å². The van der Waals surface area contributed by atoms with Gasteiger partial charge in [-0.2, -0.15) is 0 Å². The van der Waals surface area contributed by atoms with Gasteiger partial charge in [0.05, 0.1) is 16.4 Å². The number of nitrogens with zero attached hydrogens (tertiary/aromatic N) is 2. The molecule has 2 aromatic rings. The number of ether oxygens (including phenoxy) is 1. The molecular weight excluding hydrogens is 453 g/mol. The number of pyridine rings is 1. The molecule has 4 rings (SSSR count). The van der Waals surface area contributed by atoms with Crippen LogP contribution in [0.2, 0.25) is 5.02 Å². The zero-order valence-corrected chi connectivity index (χ0v) is 17.9. The van der Waals surface area contributed by atoms with Crippen molar-refractivity contribution < 1.29 is 22.7 Å². The molecule has 1 aliphatic heterocycles. The van der Waals surface area contributed by atoms with Crippen LogP contribution >= 0.6 is 23.4 Å². The summed E-state index contributed by atoms with van der Waals surface area (Å²) < 4.78 is 48.6. The Morgan fingerprint density at radius 1 is 1.42 bits per heavy atom. The topological polar surface area (TPSA) is 89.6 Å². The molecule has 3 N–H and O–H groups in total. The molecule has 2 heterocycles. The highest BCUT2D eigenvalue weighted by Gasteiger charge is 2.68. The van der Waals surface area contributed by atoms with Gasteiger partial charge in [-0.15, -0.1) is 0 Å². The average molecular weight is 471 g/mol. The number of carbonyl (C=O) groups is 1. The summed E-state index contributed by atoms with van der Waals surface area (Å²) in [5.74, 6) is -3.58. The molecule has 0 saturated heterocycles. The Morgan fingerprint density at radius 2 is 2.19 bits per heavy atom. The highest BCUT2D eigenvalue weighted by Crippen LogP contribution is 2.66. The van der Waals surface area contributed by atoms with E-state index < -0.39 is 40.4 Å². The van der Waals surface area contributed by atoms with Crippen molar-refractivity contribution in [1.82, 2.24) is 4.98 Å². The monoisotopic (exact) mass is 470 g/mol. The third kappa shape index (κ3) is 3.77. The molecule has 1 saturated carbocycles. The maximum Gasteiger partial charge on any atom is 0.274 e. The van der Waals surface area contributed by atoms with Crippen LogP contribution in [0.5, 0.6) is 0 Å². The molecule has 164 valence electrons. The standard InChI is InChI=1S/C20H18ClF3N4O2S/c1-30-9-19-6-15(19)20(8-22,28-18(25)31-19)12-4-11(5-13(23)16(12)24)27-17(29)14-3-2-10(21)7-26-14/h2-5,7,15H,6,8-9H2,1H3,(H2,25,28)(H,27,29)/t15-,19-,20-/m1/s1. The Kier molecular flexibility index (Phi) is 5.65. The van der Waals surface area contributed by atoms with Gasteiger partial charge >= 0.3 is 0 Å². The smallest absolute Gasteiger partial charge is 0.274 e. The first-order valence-corrected chi connectivity index (χ1v) is 10.5. The van der Waals surface area contributed by atoms with Crippen LogP contribution in [-0.2, 0) is 10.3 Å². The van der Waals surface area contributed by atoms with Crippen molar-refractivity contribution in [3.8, 4) is 0 Å². The Hall–Kier alpha value is -2.30. The first-order chi connectivity index (χ1) is 14.7. The number of benzene rings is 1. The lowest BCUT2D eigenvalue weighted by Crippen LogP contribution is -2.41. The number of thioether (sulfide) groups is 1. The summed E-state index contributed by atoms with van der Waals surface area (Å²) in [4.78, 5) is 20.6. The fourth-order valence-electron chi connectivity index (χ4n) is 4.07. The Morgan fingerprint density at radius 3 is 2.84 bits per heavy atom. The van der Waals surface area contributed by atoms with Crippen molar-refractivity contribution in [2.75, 3.05) is 25.7 Å². The number of fused-ring (bicyclic) bond motifs is 1. The molecular formula is C20H18ClF3N4O2S. The first kappa shape index (κ1) is 21.9.